The summed E-state index contributed by atoms with van der Waals surface area (Å²) in [6, 6.07) is 5.72. The molecule has 0 saturated heterocycles. The number of nitrogens with one attached hydrogen (secondary N) is 1. The fourth-order valence-electron chi connectivity index (χ4n) is 1.73. The Bertz CT molecular complexity index is 642. The number of pyridine rings is 1. The van der Waals surface area contributed by atoms with E-state index in [0.717, 1.165) is 12.2 Å². The summed E-state index contributed by atoms with van der Waals surface area (Å²) in [5, 5.41) is 7.35. The molecule has 0 unspecified atom stereocenters. The molecule has 2 rings (SSSR count). The molecule has 0 aliphatic carbocycles. The molecule has 0 amide bonds. The van der Waals surface area contributed by atoms with Crippen LogP contribution in [0.25, 0.3) is 0 Å². The second kappa shape index (κ2) is 7.33. The molecule has 0 bridgehead atoms. The molecule has 0 atom stereocenters. The molecule has 2 heterocycles. The second-order valence-corrected chi connectivity index (χ2v) is 5.67. The maximum atomic E-state index is 12.2. The van der Waals surface area contributed by atoms with Gasteiger partial charge in [-0.25, -0.2) is 4.68 Å². The molecule has 6 nitrogen and oxygen atoms in total. The number of anilines is 1. The van der Waals surface area contributed by atoms with Crippen LogP contribution in [0.2, 0.25) is 0 Å². The van der Waals surface area contributed by atoms with Crippen LogP contribution in [-0.4, -0.2) is 40.3 Å². The molecule has 0 radical (unpaired) electrons. The summed E-state index contributed by atoms with van der Waals surface area (Å²) in [4.78, 5) is 18.4. The van der Waals surface area contributed by atoms with Gasteiger partial charge in [0, 0.05) is 12.7 Å². The summed E-state index contributed by atoms with van der Waals surface area (Å²) in [5.41, 5.74) is 1.44. The highest BCUT2D eigenvalue weighted by molar-refractivity contribution is 9.10. The average molecular weight is 352 g/mol. The van der Waals surface area contributed by atoms with Gasteiger partial charge in [-0.3, -0.25) is 9.78 Å². The van der Waals surface area contributed by atoms with Crippen LogP contribution in [0.3, 0.4) is 0 Å². The first-order chi connectivity index (χ1) is 10.1. The summed E-state index contributed by atoms with van der Waals surface area (Å²) in [5.74, 6) is 0. The average Bonchev–Trinajstić information content (AvgIpc) is 2.48. The van der Waals surface area contributed by atoms with Crippen molar-refractivity contribution in [3.8, 4) is 0 Å². The Morgan fingerprint density at radius 3 is 2.86 bits per heavy atom. The number of likely N-dealkylation sites (N-methyl/N-ethyl adjacent to an activating group) is 1. The van der Waals surface area contributed by atoms with E-state index in [2.05, 4.69) is 31.3 Å². The van der Waals surface area contributed by atoms with Gasteiger partial charge in [-0.2, -0.15) is 5.10 Å². The lowest BCUT2D eigenvalue weighted by Crippen LogP contribution is -2.29. The first-order valence-electron chi connectivity index (χ1n) is 6.62. The molecule has 112 valence electrons. The van der Waals surface area contributed by atoms with Gasteiger partial charge in [-0.1, -0.05) is 6.07 Å². The van der Waals surface area contributed by atoms with Crippen molar-refractivity contribution in [2.75, 3.05) is 26.0 Å². The van der Waals surface area contributed by atoms with E-state index in [1.165, 1.54) is 4.68 Å². The van der Waals surface area contributed by atoms with Crippen LogP contribution in [0.4, 0.5) is 5.69 Å². The zero-order valence-electron chi connectivity index (χ0n) is 12.1. The van der Waals surface area contributed by atoms with Crippen LogP contribution in [0, 0.1) is 0 Å². The molecule has 0 aromatic carbocycles. The Hall–Kier alpha value is -1.73. The third kappa shape index (κ3) is 4.37. The third-order valence-electron chi connectivity index (χ3n) is 2.93. The largest absolute Gasteiger partial charge is 0.377 e. The van der Waals surface area contributed by atoms with E-state index in [9.17, 15) is 4.79 Å². The molecular formula is C14H18BrN5O. The van der Waals surface area contributed by atoms with Crippen molar-refractivity contribution >= 4 is 21.6 Å². The Morgan fingerprint density at radius 1 is 1.38 bits per heavy atom. The number of nitrogens with zero attached hydrogens (tertiary/aromatic N) is 4. The maximum Gasteiger partial charge on any atom is 0.283 e. The van der Waals surface area contributed by atoms with Gasteiger partial charge in [0.05, 0.1) is 30.7 Å². The Morgan fingerprint density at radius 2 is 2.19 bits per heavy atom. The maximum absolute atomic E-state index is 12.2. The van der Waals surface area contributed by atoms with Gasteiger partial charge >= 0.3 is 0 Å². The van der Waals surface area contributed by atoms with Crippen LogP contribution in [-0.2, 0) is 13.1 Å². The predicted octanol–water partition coefficient (Wildman–Crippen LogP) is 1.57. The van der Waals surface area contributed by atoms with E-state index in [4.69, 9.17) is 0 Å². The van der Waals surface area contributed by atoms with Crippen LogP contribution >= 0.6 is 15.9 Å². The van der Waals surface area contributed by atoms with Crippen molar-refractivity contribution in [3.05, 3.63) is 51.1 Å². The summed E-state index contributed by atoms with van der Waals surface area (Å²) >= 11 is 3.34. The predicted molar refractivity (Wildman–Crippen MR) is 86.3 cm³/mol. The van der Waals surface area contributed by atoms with E-state index in [0.29, 0.717) is 23.2 Å². The second-order valence-electron chi connectivity index (χ2n) is 4.88. The smallest absolute Gasteiger partial charge is 0.283 e. The van der Waals surface area contributed by atoms with Gasteiger partial charge in [0.1, 0.15) is 4.47 Å². The van der Waals surface area contributed by atoms with Crippen molar-refractivity contribution in [1.29, 1.82) is 0 Å². The van der Waals surface area contributed by atoms with Crippen molar-refractivity contribution in [2.24, 2.45) is 0 Å². The van der Waals surface area contributed by atoms with Gasteiger partial charge in [0.2, 0.25) is 0 Å². The summed E-state index contributed by atoms with van der Waals surface area (Å²) < 4.78 is 1.95. The topological polar surface area (TPSA) is 63.1 Å². The van der Waals surface area contributed by atoms with E-state index < -0.39 is 0 Å². The number of hydrogen-bond acceptors (Lipinski definition) is 5. The molecular weight excluding hydrogens is 334 g/mol. The molecule has 21 heavy (non-hydrogen) atoms. The SMILES string of the molecule is CN(C)CCn1ncc(NCc2ccccn2)c(Br)c1=O. The number of aromatic nitrogens is 3. The van der Waals surface area contributed by atoms with Crippen molar-refractivity contribution in [1.82, 2.24) is 19.7 Å². The van der Waals surface area contributed by atoms with Gasteiger partial charge in [-0.15, -0.1) is 0 Å². The van der Waals surface area contributed by atoms with E-state index >= 15 is 0 Å². The molecule has 0 aliphatic heterocycles. The molecule has 0 aliphatic rings. The van der Waals surface area contributed by atoms with Crippen LogP contribution < -0.4 is 10.9 Å². The normalized spacial score (nSPS) is 10.9. The quantitative estimate of drug-likeness (QED) is 0.855. The van der Waals surface area contributed by atoms with Gasteiger partial charge < -0.3 is 10.2 Å². The van der Waals surface area contributed by atoms with E-state index in [1.54, 1.807) is 12.4 Å². The number of halogens is 1. The standard InChI is InChI=1S/C14H18BrN5O/c1-19(2)7-8-20-14(21)13(15)12(10-18-20)17-9-11-5-3-4-6-16-11/h3-6,10,17H,7-9H2,1-2H3. The number of hydrogen-bond donors (Lipinski definition) is 1. The molecule has 0 saturated carbocycles. The van der Waals surface area contributed by atoms with Crippen molar-refractivity contribution in [3.63, 3.8) is 0 Å². The van der Waals surface area contributed by atoms with Crippen LogP contribution in [0.15, 0.2) is 39.9 Å². The fourth-order valence-corrected chi connectivity index (χ4v) is 2.18. The lowest BCUT2D eigenvalue weighted by atomic mass is 10.3. The van der Waals surface area contributed by atoms with Gasteiger partial charge in [0.25, 0.3) is 5.56 Å². The highest BCUT2D eigenvalue weighted by Gasteiger charge is 2.09. The monoisotopic (exact) mass is 351 g/mol. The van der Waals surface area contributed by atoms with Crippen LogP contribution in [0.1, 0.15) is 5.69 Å². The Balaban J connectivity index is 2.08. The molecule has 0 spiro atoms. The minimum atomic E-state index is -0.136. The van der Waals surface area contributed by atoms with E-state index in [1.807, 2.05) is 37.2 Å². The summed E-state index contributed by atoms with van der Waals surface area (Å²) in [7, 11) is 3.92. The molecule has 0 fully saturated rings. The van der Waals surface area contributed by atoms with Crippen LogP contribution in [0.5, 0.6) is 0 Å². The highest BCUT2D eigenvalue weighted by atomic mass is 79.9. The molecule has 2 aromatic heterocycles. The molecule has 1 N–H and O–H groups in total. The lowest BCUT2D eigenvalue weighted by molar-refractivity contribution is 0.367. The van der Waals surface area contributed by atoms with E-state index in [-0.39, 0.29) is 5.56 Å². The summed E-state index contributed by atoms with van der Waals surface area (Å²) in [6.45, 7) is 1.87. The molecule has 7 heteroatoms. The zero-order valence-corrected chi connectivity index (χ0v) is 13.7. The number of rotatable bonds is 6. The Kier molecular flexibility index (Phi) is 5.46. The molecule has 2 aromatic rings. The highest BCUT2D eigenvalue weighted by Crippen LogP contribution is 2.16. The first-order valence-corrected chi connectivity index (χ1v) is 7.41. The Labute approximate surface area is 131 Å². The summed E-state index contributed by atoms with van der Waals surface area (Å²) in [6.07, 6.45) is 3.40. The minimum Gasteiger partial charge on any atom is -0.377 e. The van der Waals surface area contributed by atoms with Gasteiger partial charge in [0.15, 0.2) is 0 Å². The van der Waals surface area contributed by atoms with Gasteiger partial charge in [-0.05, 0) is 42.2 Å². The minimum absolute atomic E-state index is 0.136. The third-order valence-corrected chi connectivity index (χ3v) is 3.70. The fraction of sp³-hybridized carbons (Fsp3) is 0.357. The van der Waals surface area contributed by atoms with Crippen molar-refractivity contribution in [2.45, 2.75) is 13.1 Å². The van der Waals surface area contributed by atoms with Crippen molar-refractivity contribution < 1.29 is 0 Å². The lowest BCUT2D eigenvalue weighted by Gasteiger charge is -2.12. The zero-order chi connectivity index (χ0) is 15.2. The first kappa shape index (κ1) is 15.7.